The highest BCUT2D eigenvalue weighted by molar-refractivity contribution is 5.77. The van der Waals surface area contributed by atoms with Crippen molar-refractivity contribution in [2.24, 2.45) is 5.92 Å². The summed E-state index contributed by atoms with van der Waals surface area (Å²) in [5, 5.41) is 6.64. The first-order valence-electron chi connectivity index (χ1n) is 8.21. The van der Waals surface area contributed by atoms with Crippen LogP contribution >= 0.6 is 0 Å². The Labute approximate surface area is 123 Å². The maximum Gasteiger partial charge on any atom is 0.222 e. The van der Waals surface area contributed by atoms with E-state index in [4.69, 9.17) is 4.74 Å². The summed E-state index contributed by atoms with van der Waals surface area (Å²) in [6.07, 6.45) is 8.80. The first kappa shape index (κ1) is 15.8. The number of carbonyl (C=O) groups is 1. The molecule has 20 heavy (non-hydrogen) atoms. The molecule has 1 aliphatic heterocycles. The Morgan fingerprint density at radius 3 is 2.50 bits per heavy atom. The van der Waals surface area contributed by atoms with Gasteiger partial charge in [0.15, 0.2) is 0 Å². The molecule has 4 nitrogen and oxygen atoms in total. The summed E-state index contributed by atoms with van der Waals surface area (Å²) in [7, 11) is 2.00. The Kier molecular flexibility index (Phi) is 5.85. The van der Waals surface area contributed by atoms with E-state index in [0.29, 0.717) is 12.3 Å². The Morgan fingerprint density at radius 2 is 1.90 bits per heavy atom. The molecule has 116 valence electrons. The SMILES string of the molecule is CNC1(CC(=O)NC(C)C2CCOCC2)CCCCC1. The van der Waals surface area contributed by atoms with Gasteiger partial charge in [-0.05, 0) is 45.6 Å². The average molecular weight is 282 g/mol. The molecule has 2 fully saturated rings. The third-order valence-electron chi connectivity index (χ3n) is 5.20. The molecule has 1 aliphatic carbocycles. The van der Waals surface area contributed by atoms with E-state index in [9.17, 15) is 4.79 Å². The molecule has 1 saturated heterocycles. The second kappa shape index (κ2) is 7.41. The summed E-state index contributed by atoms with van der Waals surface area (Å²) < 4.78 is 5.39. The molecular weight excluding hydrogens is 252 g/mol. The Hall–Kier alpha value is -0.610. The molecule has 1 saturated carbocycles. The number of carbonyl (C=O) groups excluding carboxylic acids is 1. The van der Waals surface area contributed by atoms with E-state index in [1.165, 1.54) is 19.3 Å². The first-order chi connectivity index (χ1) is 9.65. The van der Waals surface area contributed by atoms with Gasteiger partial charge in [-0.3, -0.25) is 4.79 Å². The fraction of sp³-hybridized carbons (Fsp3) is 0.938. The van der Waals surface area contributed by atoms with Gasteiger partial charge in [-0.2, -0.15) is 0 Å². The van der Waals surface area contributed by atoms with Crippen LogP contribution in [0.4, 0.5) is 0 Å². The second-order valence-corrected chi connectivity index (χ2v) is 6.57. The molecule has 2 aliphatic rings. The average Bonchev–Trinajstić information content (AvgIpc) is 2.49. The van der Waals surface area contributed by atoms with E-state index in [-0.39, 0.29) is 17.5 Å². The van der Waals surface area contributed by atoms with Crippen molar-refractivity contribution in [1.82, 2.24) is 10.6 Å². The molecule has 0 aromatic rings. The standard InChI is InChI=1S/C16H30N2O2/c1-13(14-6-10-20-11-7-14)18-15(19)12-16(17-2)8-4-3-5-9-16/h13-14,17H,3-12H2,1-2H3,(H,18,19). The zero-order chi connectivity index (χ0) is 14.4. The van der Waals surface area contributed by atoms with Gasteiger partial charge in [-0.1, -0.05) is 19.3 Å². The number of hydrogen-bond donors (Lipinski definition) is 2. The Bertz CT molecular complexity index is 308. The van der Waals surface area contributed by atoms with Crippen LogP contribution in [0.15, 0.2) is 0 Å². The minimum Gasteiger partial charge on any atom is -0.381 e. The molecule has 0 radical (unpaired) electrons. The van der Waals surface area contributed by atoms with Crippen molar-refractivity contribution in [3.05, 3.63) is 0 Å². The lowest BCUT2D eigenvalue weighted by molar-refractivity contribution is -0.124. The third-order valence-corrected chi connectivity index (χ3v) is 5.20. The lowest BCUT2D eigenvalue weighted by atomic mass is 9.79. The van der Waals surface area contributed by atoms with Gasteiger partial charge in [0.2, 0.25) is 5.91 Å². The summed E-state index contributed by atoms with van der Waals surface area (Å²) in [5.41, 5.74) is 0.0394. The fourth-order valence-electron chi connectivity index (χ4n) is 3.69. The maximum atomic E-state index is 12.3. The number of amides is 1. The molecular formula is C16H30N2O2. The minimum atomic E-state index is 0.0394. The van der Waals surface area contributed by atoms with Crippen LogP contribution < -0.4 is 10.6 Å². The zero-order valence-corrected chi connectivity index (χ0v) is 13.0. The van der Waals surface area contributed by atoms with Crippen LogP contribution in [0.25, 0.3) is 0 Å². The monoisotopic (exact) mass is 282 g/mol. The van der Waals surface area contributed by atoms with Gasteiger partial charge in [0, 0.05) is 31.2 Å². The quantitative estimate of drug-likeness (QED) is 0.813. The van der Waals surface area contributed by atoms with Crippen LogP contribution in [0.2, 0.25) is 0 Å². The minimum absolute atomic E-state index is 0.0394. The van der Waals surface area contributed by atoms with Crippen molar-refractivity contribution in [2.45, 2.75) is 69.9 Å². The highest BCUT2D eigenvalue weighted by atomic mass is 16.5. The molecule has 1 heterocycles. The van der Waals surface area contributed by atoms with Crippen molar-refractivity contribution in [3.8, 4) is 0 Å². The summed E-state index contributed by atoms with van der Waals surface area (Å²) in [4.78, 5) is 12.3. The van der Waals surface area contributed by atoms with Crippen LogP contribution in [0, 0.1) is 5.92 Å². The van der Waals surface area contributed by atoms with E-state index in [0.717, 1.165) is 38.9 Å². The third kappa shape index (κ3) is 4.19. The van der Waals surface area contributed by atoms with Crippen LogP contribution in [-0.2, 0) is 9.53 Å². The van der Waals surface area contributed by atoms with Crippen molar-refractivity contribution in [3.63, 3.8) is 0 Å². The molecule has 0 aromatic carbocycles. The smallest absolute Gasteiger partial charge is 0.222 e. The van der Waals surface area contributed by atoms with Crippen molar-refractivity contribution < 1.29 is 9.53 Å². The highest BCUT2D eigenvalue weighted by Crippen LogP contribution is 2.30. The predicted octanol–water partition coefficient (Wildman–Crippen LogP) is 2.23. The van der Waals surface area contributed by atoms with Gasteiger partial charge >= 0.3 is 0 Å². The predicted molar refractivity (Wildman–Crippen MR) is 80.6 cm³/mol. The topological polar surface area (TPSA) is 50.4 Å². The van der Waals surface area contributed by atoms with Crippen molar-refractivity contribution in [1.29, 1.82) is 0 Å². The summed E-state index contributed by atoms with van der Waals surface area (Å²) in [6, 6.07) is 0.267. The molecule has 0 spiro atoms. The number of nitrogens with one attached hydrogen (secondary N) is 2. The largest absolute Gasteiger partial charge is 0.381 e. The second-order valence-electron chi connectivity index (χ2n) is 6.57. The summed E-state index contributed by atoms with van der Waals surface area (Å²) in [6.45, 7) is 3.82. The van der Waals surface area contributed by atoms with Gasteiger partial charge in [0.05, 0.1) is 0 Å². The number of hydrogen-bond acceptors (Lipinski definition) is 3. The van der Waals surface area contributed by atoms with E-state index in [2.05, 4.69) is 17.6 Å². The van der Waals surface area contributed by atoms with E-state index in [1.54, 1.807) is 0 Å². The molecule has 0 aromatic heterocycles. The van der Waals surface area contributed by atoms with Crippen LogP contribution in [-0.4, -0.2) is 37.7 Å². The lowest BCUT2D eigenvalue weighted by Gasteiger charge is -2.37. The zero-order valence-electron chi connectivity index (χ0n) is 13.0. The molecule has 1 unspecified atom stereocenters. The van der Waals surface area contributed by atoms with E-state index in [1.807, 2.05) is 7.05 Å². The molecule has 2 rings (SSSR count). The summed E-state index contributed by atoms with van der Waals surface area (Å²) in [5.74, 6) is 0.782. The Balaban J connectivity index is 1.81. The van der Waals surface area contributed by atoms with E-state index >= 15 is 0 Å². The maximum absolute atomic E-state index is 12.3. The van der Waals surface area contributed by atoms with Crippen molar-refractivity contribution in [2.75, 3.05) is 20.3 Å². The van der Waals surface area contributed by atoms with E-state index < -0.39 is 0 Å². The van der Waals surface area contributed by atoms with Crippen LogP contribution in [0.5, 0.6) is 0 Å². The van der Waals surface area contributed by atoms with Gasteiger partial charge in [0.25, 0.3) is 0 Å². The molecule has 1 amide bonds. The van der Waals surface area contributed by atoms with Gasteiger partial charge in [-0.25, -0.2) is 0 Å². The highest BCUT2D eigenvalue weighted by Gasteiger charge is 2.33. The van der Waals surface area contributed by atoms with Gasteiger partial charge < -0.3 is 15.4 Å². The van der Waals surface area contributed by atoms with Crippen molar-refractivity contribution >= 4 is 5.91 Å². The van der Waals surface area contributed by atoms with Gasteiger partial charge in [0.1, 0.15) is 0 Å². The molecule has 1 atom stereocenters. The number of rotatable bonds is 5. The normalized spacial score (nSPS) is 25.1. The first-order valence-corrected chi connectivity index (χ1v) is 8.21. The van der Waals surface area contributed by atoms with Crippen LogP contribution in [0.3, 0.4) is 0 Å². The summed E-state index contributed by atoms with van der Waals surface area (Å²) >= 11 is 0. The lowest BCUT2D eigenvalue weighted by Crippen LogP contribution is -2.50. The molecule has 4 heteroatoms. The fourth-order valence-corrected chi connectivity index (χ4v) is 3.69. The Morgan fingerprint density at radius 1 is 1.25 bits per heavy atom. The van der Waals surface area contributed by atoms with Crippen LogP contribution in [0.1, 0.15) is 58.3 Å². The molecule has 0 bridgehead atoms. The molecule has 2 N–H and O–H groups in total. The van der Waals surface area contributed by atoms with Gasteiger partial charge in [-0.15, -0.1) is 0 Å². The number of ether oxygens (including phenoxy) is 1.